The van der Waals surface area contributed by atoms with Crippen molar-refractivity contribution in [2.24, 2.45) is 0 Å². The van der Waals surface area contributed by atoms with E-state index in [0.717, 1.165) is 0 Å². The molecule has 0 saturated carbocycles. The van der Waals surface area contributed by atoms with Crippen LogP contribution >= 0.6 is 22.9 Å². The number of benzene rings is 1. The van der Waals surface area contributed by atoms with Crippen LogP contribution < -0.4 is 9.47 Å². The molecule has 0 atom stereocenters. The van der Waals surface area contributed by atoms with Gasteiger partial charge in [-0.1, -0.05) is 17.7 Å². The first kappa shape index (κ1) is 19.0. The van der Waals surface area contributed by atoms with Crippen LogP contribution in [0.1, 0.15) is 22.2 Å². The van der Waals surface area contributed by atoms with Crippen LogP contribution in [0.5, 0.6) is 11.5 Å². The Hall–Kier alpha value is -2.31. The molecule has 1 heterocycles. The number of carbonyl (C=O) groups excluding carboxylic acids is 2. The predicted octanol–water partition coefficient (Wildman–Crippen LogP) is 4.25. The van der Waals surface area contributed by atoms with Crippen LogP contribution in [0.25, 0.3) is 6.08 Å². The van der Waals surface area contributed by atoms with Gasteiger partial charge in [0.1, 0.15) is 0 Å². The molecule has 25 heavy (non-hydrogen) atoms. The summed E-state index contributed by atoms with van der Waals surface area (Å²) in [6.45, 7) is 2.00. The second-order valence-electron chi connectivity index (χ2n) is 4.81. The van der Waals surface area contributed by atoms with Crippen molar-refractivity contribution < 1.29 is 23.8 Å². The third-order valence-corrected chi connectivity index (χ3v) is 4.29. The summed E-state index contributed by atoms with van der Waals surface area (Å²) < 4.78 is 15.6. The molecule has 0 aliphatic heterocycles. The van der Waals surface area contributed by atoms with Crippen LogP contribution in [0.3, 0.4) is 0 Å². The zero-order valence-corrected chi connectivity index (χ0v) is 15.4. The Morgan fingerprint density at radius 3 is 2.76 bits per heavy atom. The van der Waals surface area contributed by atoms with E-state index in [2.05, 4.69) is 0 Å². The average Bonchev–Trinajstić information content (AvgIpc) is 3.14. The van der Waals surface area contributed by atoms with Crippen molar-refractivity contribution in [3.63, 3.8) is 0 Å². The number of rotatable bonds is 8. The summed E-state index contributed by atoms with van der Waals surface area (Å²) in [5.74, 6) is 0.0691. The first-order valence-corrected chi connectivity index (χ1v) is 8.72. The number of carbonyl (C=O) groups is 2. The van der Waals surface area contributed by atoms with Gasteiger partial charge in [-0.3, -0.25) is 4.79 Å². The van der Waals surface area contributed by atoms with Gasteiger partial charge in [-0.05, 0) is 42.1 Å². The highest BCUT2D eigenvalue weighted by Crippen LogP contribution is 2.36. The highest BCUT2D eigenvalue weighted by Gasteiger charge is 2.12. The molecule has 0 N–H and O–H groups in total. The molecule has 0 saturated heterocycles. The first-order valence-electron chi connectivity index (χ1n) is 7.47. The van der Waals surface area contributed by atoms with E-state index in [-0.39, 0.29) is 12.4 Å². The third-order valence-electron chi connectivity index (χ3n) is 3.09. The number of thiophene rings is 1. The molecular formula is C18H17ClO5S. The summed E-state index contributed by atoms with van der Waals surface area (Å²) in [7, 11) is 1.51. The molecule has 0 radical (unpaired) electrons. The summed E-state index contributed by atoms with van der Waals surface area (Å²) in [4.78, 5) is 24.1. The lowest BCUT2D eigenvalue weighted by Crippen LogP contribution is -2.11. The predicted molar refractivity (Wildman–Crippen MR) is 97.8 cm³/mol. The normalized spacial score (nSPS) is 10.7. The second kappa shape index (κ2) is 9.25. The Labute approximate surface area is 154 Å². The lowest BCUT2D eigenvalue weighted by molar-refractivity contribution is -0.136. The molecule has 1 aromatic carbocycles. The largest absolute Gasteiger partial charge is 0.493 e. The molecule has 0 fully saturated rings. The van der Waals surface area contributed by atoms with E-state index in [0.29, 0.717) is 33.6 Å². The van der Waals surface area contributed by atoms with Crippen LogP contribution in [-0.2, 0) is 9.53 Å². The molecule has 0 amide bonds. The van der Waals surface area contributed by atoms with Gasteiger partial charge < -0.3 is 14.2 Å². The van der Waals surface area contributed by atoms with Crippen molar-refractivity contribution in [1.29, 1.82) is 0 Å². The topological polar surface area (TPSA) is 61.8 Å². The van der Waals surface area contributed by atoms with Gasteiger partial charge in [0.2, 0.25) is 5.78 Å². The fourth-order valence-corrected chi connectivity index (χ4v) is 2.90. The zero-order chi connectivity index (χ0) is 18.2. The van der Waals surface area contributed by atoms with Crippen LogP contribution in [0.15, 0.2) is 35.7 Å². The van der Waals surface area contributed by atoms with E-state index in [9.17, 15) is 9.59 Å². The van der Waals surface area contributed by atoms with Gasteiger partial charge in [0, 0.05) is 6.08 Å². The summed E-state index contributed by atoms with van der Waals surface area (Å²) in [6.07, 6.45) is 2.76. The zero-order valence-electron chi connectivity index (χ0n) is 13.8. The van der Waals surface area contributed by atoms with Crippen LogP contribution in [-0.4, -0.2) is 32.1 Å². The smallest absolute Gasteiger partial charge is 0.331 e. The summed E-state index contributed by atoms with van der Waals surface area (Å²) >= 11 is 7.47. The van der Waals surface area contributed by atoms with E-state index in [1.54, 1.807) is 29.6 Å². The van der Waals surface area contributed by atoms with Crippen molar-refractivity contribution in [1.82, 2.24) is 0 Å². The lowest BCUT2D eigenvalue weighted by atomic mass is 10.2. The number of hydrogen-bond acceptors (Lipinski definition) is 6. The third kappa shape index (κ3) is 5.34. The van der Waals surface area contributed by atoms with E-state index in [4.69, 9.17) is 25.8 Å². The standard InChI is InChI=1S/C18H17ClO5S/c1-3-23-18-13(19)9-12(10-15(18)22-2)6-7-17(21)24-11-14(20)16-5-4-8-25-16/h4-10H,3,11H2,1-2H3/b7-6+. The summed E-state index contributed by atoms with van der Waals surface area (Å²) in [5, 5.41) is 2.17. The minimum absolute atomic E-state index is 0.234. The number of esters is 1. The van der Waals surface area contributed by atoms with Crippen molar-refractivity contribution in [2.45, 2.75) is 6.92 Å². The molecule has 132 valence electrons. The number of ether oxygens (including phenoxy) is 3. The molecular weight excluding hydrogens is 364 g/mol. The first-order chi connectivity index (χ1) is 12.0. The molecule has 0 aliphatic carbocycles. The van der Waals surface area contributed by atoms with E-state index in [1.165, 1.54) is 30.6 Å². The fourth-order valence-electron chi connectivity index (χ4n) is 1.98. The lowest BCUT2D eigenvalue weighted by Gasteiger charge is -2.11. The maximum absolute atomic E-state index is 11.8. The Kier molecular flexibility index (Phi) is 7.03. The number of halogens is 1. The molecule has 1 aromatic heterocycles. The average molecular weight is 381 g/mol. The Bertz CT molecular complexity index is 768. The summed E-state index contributed by atoms with van der Waals surface area (Å²) in [5.41, 5.74) is 0.645. The van der Waals surface area contributed by atoms with Gasteiger partial charge in [-0.15, -0.1) is 11.3 Å². The second-order valence-corrected chi connectivity index (χ2v) is 6.16. The van der Waals surface area contributed by atoms with Crippen molar-refractivity contribution in [2.75, 3.05) is 20.3 Å². The number of hydrogen-bond donors (Lipinski definition) is 0. The molecule has 5 nitrogen and oxygen atoms in total. The molecule has 7 heteroatoms. The number of methoxy groups -OCH3 is 1. The van der Waals surface area contributed by atoms with Gasteiger partial charge in [0.25, 0.3) is 0 Å². The highest BCUT2D eigenvalue weighted by atomic mass is 35.5. The van der Waals surface area contributed by atoms with E-state index in [1.807, 2.05) is 6.92 Å². The molecule has 2 aromatic rings. The van der Waals surface area contributed by atoms with Crippen LogP contribution in [0, 0.1) is 0 Å². The Morgan fingerprint density at radius 1 is 1.32 bits per heavy atom. The number of Topliss-reactive ketones (excluding diaryl/α,β-unsaturated/α-hetero) is 1. The van der Waals surface area contributed by atoms with Gasteiger partial charge in [0.05, 0.1) is 23.6 Å². The monoisotopic (exact) mass is 380 g/mol. The van der Waals surface area contributed by atoms with Gasteiger partial charge in [-0.2, -0.15) is 0 Å². The molecule has 0 bridgehead atoms. The van der Waals surface area contributed by atoms with E-state index < -0.39 is 5.97 Å². The maximum Gasteiger partial charge on any atom is 0.331 e. The number of ketones is 1. The molecule has 0 aliphatic rings. The fraction of sp³-hybridized carbons (Fsp3) is 0.222. The Morgan fingerprint density at radius 2 is 2.12 bits per heavy atom. The van der Waals surface area contributed by atoms with Crippen molar-refractivity contribution in [3.8, 4) is 11.5 Å². The van der Waals surface area contributed by atoms with Crippen molar-refractivity contribution in [3.05, 3.63) is 51.2 Å². The highest BCUT2D eigenvalue weighted by molar-refractivity contribution is 7.12. The van der Waals surface area contributed by atoms with Gasteiger partial charge in [0.15, 0.2) is 18.1 Å². The molecule has 0 spiro atoms. The minimum atomic E-state index is -0.617. The Balaban J connectivity index is 1.99. The van der Waals surface area contributed by atoms with Gasteiger partial charge in [-0.25, -0.2) is 4.79 Å². The summed E-state index contributed by atoms with van der Waals surface area (Å²) in [6, 6.07) is 6.79. The van der Waals surface area contributed by atoms with E-state index >= 15 is 0 Å². The SMILES string of the molecule is CCOc1c(Cl)cc(/C=C/C(=O)OCC(=O)c2cccs2)cc1OC. The molecule has 0 unspecified atom stereocenters. The van der Waals surface area contributed by atoms with Crippen LogP contribution in [0.2, 0.25) is 5.02 Å². The minimum Gasteiger partial charge on any atom is -0.493 e. The molecule has 2 rings (SSSR count). The van der Waals surface area contributed by atoms with Crippen molar-refractivity contribution >= 4 is 40.8 Å². The maximum atomic E-state index is 11.8. The quantitative estimate of drug-likeness (QED) is 0.389. The van der Waals surface area contributed by atoms with Gasteiger partial charge >= 0.3 is 5.97 Å². The van der Waals surface area contributed by atoms with Crippen LogP contribution in [0.4, 0.5) is 0 Å².